The van der Waals surface area contributed by atoms with Gasteiger partial charge in [-0.05, 0) is 48.4 Å². The Balaban J connectivity index is 2.52. The van der Waals surface area contributed by atoms with Gasteiger partial charge >= 0.3 is 0 Å². The van der Waals surface area contributed by atoms with Crippen LogP contribution in [0.3, 0.4) is 0 Å². The second kappa shape index (κ2) is 5.34. The normalized spacial score (nSPS) is 12.4. The van der Waals surface area contributed by atoms with Crippen molar-refractivity contribution in [1.82, 2.24) is 5.43 Å². The van der Waals surface area contributed by atoms with E-state index in [0.717, 1.165) is 5.56 Å². The zero-order valence-electron chi connectivity index (χ0n) is 10.5. The molecule has 0 saturated heterocycles. The van der Waals surface area contributed by atoms with Crippen LogP contribution in [0.2, 0.25) is 0 Å². The van der Waals surface area contributed by atoms with Crippen molar-refractivity contribution in [3.63, 3.8) is 0 Å². The minimum absolute atomic E-state index is 0.329. The Morgan fingerprint density at radius 3 is 2.26 bits per heavy atom. The molecule has 0 saturated carbocycles. The van der Waals surface area contributed by atoms with Crippen LogP contribution in [-0.2, 0) is 0 Å². The Labute approximate surface area is 110 Å². The molecule has 3 nitrogen and oxygen atoms in total. The maximum atomic E-state index is 13.3. The molecule has 0 bridgehead atoms. The maximum Gasteiger partial charge on any atom is 0.123 e. The molecular formula is C14H15F2N3. The van der Waals surface area contributed by atoms with Crippen LogP contribution in [0.15, 0.2) is 36.4 Å². The van der Waals surface area contributed by atoms with Gasteiger partial charge in [-0.25, -0.2) is 14.2 Å². The van der Waals surface area contributed by atoms with Crippen LogP contribution in [-0.4, -0.2) is 0 Å². The van der Waals surface area contributed by atoms with Crippen LogP contribution in [0.25, 0.3) is 0 Å². The molecule has 5 heteroatoms. The zero-order chi connectivity index (χ0) is 14.0. The van der Waals surface area contributed by atoms with Crippen molar-refractivity contribution in [2.24, 2.45) is 5.84 Å². The number of hydrazine groups is 1. The number of benzene rings is 2. The lowest BCUT2D eigenvalue weighted by atomic mass is 9.94. The highest BCUT2D eigenvalue weighted by Gasteiger charge is 2.18. The molecule has 2 rings (SSSR count). The molecule has 5 N–H and O–H groups in total. The first-order valence-corrected chi connectivity index (χ1v) is 5.80. The van der Waals surface area contributed by atoms with Gasteiger partial charge in [0.2, 0.25) is 0 Å². The highest BCUT2D eigenvalue weighted by atomic mass is 19.1. The third kappa shape index (κ3) is 2.72. The van der Waals surface area contributed by atoms with Crippen molar-refractivity contribution in [2.45, 2.75) is 13.0 Å². The van der Waals surface area contributed by atoms with Gasteiger partial charge < -0.3 is 5.73 Å². The molecule has 0 aliphatic rings. The summed E-state index contributed by atoms with van der Waals surface area (Å²) in [5.41, 5.74) is 10.9. The zero-order valence-corrected chi connectivity index (χ0v) is 10.5. The van der Waals surface area contributed by atoms with E-state index >= 15 is 0 Å². The third-order valence-corrected chi connectivity index (χ3v) is 3.07. The van der Waals surface area contributed by atoms with Crippen molar-refractivity contribution < 1.29 is 8.78 Å². The molecule has 19 heavy (non-hydrogen) atoms. The number of rotatable bonds is 3. The van der Waals surface area contributed by atoms with E-state index in [2.05, 4.69) is 5.43 Å². The molecule has 2 aromatic rings. The topological polar surface area (TPSA) is 64.1 Å². The molecule has 0 spiro atoms. The van der Waals surface area contributed by atoms with Crippen LogP contribution in [0, 0.1) is 18.6 Å². The number of nitrogens with two attached hydrogens (primary N) is 2. The summed E-state index contributed by atoms with van der Waals surface area (Å²) in [6.07, 6.45) is 0. The number of hydrogen-bond donors (Lipinski definition) is 3. The Kier molecular flexibility index (Phi) is 3.78. The van der Waals surface area contributed by atoms with Gasteiger partial charge in [0.15, 0.2) is 0 Å². The number of halogens is 2. The molecule has 0 aliphatic carbocycles. The molecule has 0 aromatic heterocycles. The minimum atomic E-state index is -0.490. The van der Waals surface area contributed by atoms with Crippen LogP contribution in [0.4, 0.5) is 14.5 Å². The lowest BCUT2D eigenvalue weighted by Crippen LogP contribution is -2.30. The fourth-order valence-electron chi connectivity index (χ4n) is 2.11. The van der Waals surface area contributed by atoms with E-state index in [1.54, 1.807) is 13.0 Å². The van der Waals surface area contributed by atoms with Gasteiger partial charge in [0, 0.05) is 11.3 Å². The Morgan fingerprint density at radius 1 is 1.00 bits per heavy atom. The van der Waals surface area contributed by atoms with Gasteiger partial charge in [-0.3, -0.25) is 5.84 Å². The summed E-state index contributed by atoms with van der Waals surface area (Å²) in [5, 5.41) is 0. The van der Waals surface area contributed by atoms with Gasteiger partial charge in [-0.1, -0.05) is 6.07 Å². The smallest absolute Gasteiger partial charge is 0.123 e. The average Bonchev–Trinajstić information content (AvgIpc) is 2.36. The van der Waals surface area contributed by atoms with Gasteiger partial charge in [-0.15, -0.1) is 0 Å². The quantitative estimate of drug-likeness (QED) is 0.452. The predicted octanol–water partition coefficient (Wildman–Crippen LogP) is 2.41. The van der Waals surface area contributed by atoms with Crippen LogP contribution in [0.5, 0.6) is 0 Å². The van der Waals surface area contributed by atoms with Crippen molar-refractivity contribution in [3.8, 4) is 0 Å². The SMILES string of the molecule is Cc1cc(F)ccc1C(NN)c1cc(F)ccc1N. The third-order valence-electron chi connectivity index (χ3n) is 3.07. The number of anilines is 1. The summed E-state index contributed by atoms with van der Waals surface area (Å²) in [6, 6.07) is 7.94. The number of hydrogen-bond acceptors (Lipinski definition) is 3. The number of aryl methyl sites for hydroxylation is 1. The first-order valence-electron chi connectivity index (χ1n) is 5.80. The number of nitrogen functional groups attached to an aromatic ring is 1. The Morgan fingerprint density at radius 2 is 1.63 bits per heavy atom. The van der Waals surface area contributed by atoms with Crippen LogP contribution < -0.4 is 17.0 Å². The van der Waals surface area contributed by atoms with E-state index in [4.69, 9.17) is 11.6 Å². The Bertz CT molecular complexity index is 599. The summed E-state index contributed by atoms with van der Waals surface area (Å²) in [6.45, 7) is 1.76. The van der Waals surface area contributed by atoms with E-state index < -0.39 is 11.9 Å². The monoisotopic (exact) mass is 263 g/mol. The van der Waals surface area contributed by atoms with Gasteiger partial charge in [0.05, 0.1) is 6.04 Å². The standard InChI is InChI=1S/C14H15F2N3/c1-8-6-9(15)2-4-11(8)14(19-18)12-7-10(16)3-5-13(12)17/h2-7,14,19H,17-18H2,1H3. The summed E-state index contributed by atoms with van der Waals surface area (Å²) < 4.78 is 26.5. The number of nitrogens with one attached hydrogen (secondary N) is 1. The van der Waals surface area contributed by atoms with Crippen molar-refractivity contribution >= 4 is 5.69 Å². The molecule has 0 amide bonds. The van der Waals surface area contributed by atoms with E-state index in [1.807, 2.05) is 0 Å². The molecule has 0 aliphatic heterocycles. The van der Waals surface area contributed by atoms with E-state index in [1.165, 1.54) is 30.3 Å². The highest BCUT2D eigenvalue weighted by Crippen LogP contribution is 2.29. The van der Waals surface area contributed by atoms with E-state index in [0.29, 0.717) is 16.8 Å². The molecule has 0 heterocycles. The lowest BCUT2D eigenvalue weighted by molar-refractivity contribution is 0.599. The fourth-order valence-corrected chi connectivity index (χ4v) is 2.11. The van der Waals surface area contributed by atoms with Gasteiger partial charge in [0.1, 0.15) is 11.6 Å². The van der Waals surface area contributed by atoms with Crippen molar-refractivity contribution in [2.75, 3.05) is 5.73 Å². The molecule has 2 aromatic carbocycles. The summed E-state index contributed by atoms with van der Waals surface area (Å²) in [4.78, 5) is 0. The lowest BCUT2D eigenvalue weighted by Gasteiger charge is -2.20. The van der Waals surface area contributed by atoms with Crippen molar-refractivity contribution in [3.05, 3.63) is 64.7 Å². The molecule has 1 unspecified atom stereocenters. The average molecular weight is 263 g/mol. The van der Waals surface area contributed by atoms with Gasteiger partial charge in [0.25, 0.3) is 0 Å². The summed E-state index contributed by atoms with van der Waals surface area (Å²) >= 11 is 0. The Hall–Kier alpha value is -1.98. The molecule has 0 fully saturated rings. The highest BCUT2D eigenvalue weighted by molar-refractivity contribution is 5.52. The van der Waals surface area contributed by atoms with Gasteiger partial charge in [-0.2, -0.15) is 0 Å². The van der Waals surface area contributed by atoms with E-state index in [-0.39, 0.29) is 5.82 Å². The van der Waals surface area contributed by atoms with E-state index in [9.17, 15) is 8.78 Å². The molecule has 100 valence electrons. The molecule has 1 atom stereocenters. The predicted molar refractivity (Wildman–Crippen MR) is 71.1 cm³/mol. The summed E-state index contributed by atoms with van der Waals surface area (Å²) in [5.74, 6) is 4.81. The first kappa shape index (κ1) is 13.5. The largest absolute Gasteiger partial charge is 0.398 e. The second-order valence-electron chi connectivity index (χ2n) is 4.37. The second-order valence-corrected chi connectivity index (χ2v) is 4.37. The minimum Gasteiger partial charge on any atom is -0.398 e. The fraction of sp³-hybridized carbons (Fsp3) is 0.143. The van der Waals surface area contributed by atoms with Crippen LogP contribution >= 0.6 is 0 Å². The van der Waals surface area contributed by atoms with Crippen LogP contribution in [0.1, 0.15) is 22.7 Å². The maximum absolute atomic E-state index is 13.3. The molecule has 0 radical (unpaired) electrons. The summed E-state index contributed by atoms with van der Waals surface area (Å²) in [7, 11) is 0. The first-order chi connectivity index (χ1) is 9.02. The molecular weight excluding hydrogens is 248 g/mol. The van der Waals surface area contributed by atoms with Crippen molar-refractivity contribution in [1.29, 1.82) is 0 Å².